The number of likely N-dealkylation sites (tertiary alicyclic amines) is 1. The van der Waals surface area contributed by atoms with Gasteiger partial charge in [0.1, 0.15) is 30.1 Å². The second-order valence-electron chi connectivity index (χ2n) is 7.94. The fourth-order valence-corrected chi connectivity index (χ4v) is 3.85. The summed E-state index contributed by atoms with van der Waals surface area (Å²) in [6.45, 7) is 0.915. The number of rotatable bonds is 8. The van der Waals surface area contributed by atoms with Crippen molar-refractivity contribution in [1.82, 2.24) is 20.2 Å². The third-order valence-corrected chi connectivity index (χ3v) is 5.66. The largest absolute Gasteiger partial charge is 0.489 e. The lowest BCUT2D eigenvalue weighted by atomic mass is 10.1. The van der Waals surface area contributed by atoms with Crippen molar-refractivity contribution in [2.24, 2.45) is 0 Å². The molecule has 2 aliphatic rings. The van der Waals surface area contributed by atoms with Crippen molar-refractivity contribution in [3.63, 3.8) is 0 Å². The molecule has 0 radical (unpaired) electrons. The summed E-state index contributed by atoms with van der Waals surface area (Å²) in [5, 5.41) is 7.74. The normalized spacial score (nSPS) is 18.3. The number of pyridine rings is 1. The quantitative estimate of drug-likeness (QED) is 0.509. The Bertz CT molecular complexity index is 1070. The number of nitrogens with zero attached hydrogens (tertiary/aromatic N) is 4. The van der Waals surface area contributed by atoms with Crippen LogP contribution in [0.15, 0.2) is 45.8 Å². The van der Waals surface area contributed by atoms with Crippen LogP contribution in [-0.2, 0) is 6.42 Å². The van der Waals surface area contributed by atoms with Crippen LogP contribution in [0, 0.1) is 0 Å². The Morgan fingerprint density at radius 3 is 2.90 bits per heavy atom. The Morgan fingerprint density at radius 1 is 1.19 bits per heavy atom. The van der Waals surface area contributed by atoms with Gasteiger partial charge in [-0.1, -0.05) is 10.3 Å². The molecule has 9 heteroatoms. The molecule has 1 aliphatic carbocycles. The lowest BCUT2D eigenvalue weighted by Crippen LogP contribution is -2.39. The van der Waals surface area contributed by atoms with E-state index in [-0.39, 0.29) is 36.5 Å². The lowest BCUT2D eigenvalue weighted by Gasteiger charge is -2.24. The first-order valence-corrected chi connectivity index (χ1v) is 10.5. The SMILES string of the molecule is O=C(Cc1ccon1)c1ncccc1OC[C@H]1CCCN1C(=O)c1cc(C2CC2)on1. The zero-order chi connectivity index (χ0) is 21.2. The highest BCUT2D eigenvalue weighted by Crippen LogP contribution is 2.40. The number of carbonyl (C=O) groups is 2. The summed E-state index contributed by atoms with van der Waals surface area (Å²) in [4.78, 5) is 31.6. The van der Waals surface area contributed by atoms with Crippen molar-refractivity contribution in [2.45, 2.75) is 44.1 Å². The molecule has 1 amide bonds. The van der Waals surface area contributed by atoms with E-state index in [4.69, 9.17) is 13.8 Å². The molecule has 1 saturated heterocycles. The van der Waals surface area contributed by atoms with Gasteiger partial charge in [-0.05, 0) is 37.8 Å². The standard InChI is InChI=1S/C22H22N4O5/c27-18(11-15-7-10-30-24-15)21-19(4-1-8-23-21)29-13-16-3-2-9-26(16)22(28)17-12-20(31-25-17)14-5-6-14/h1,4,7-8,10,12,14,16H,2-3,5-6,9,11,13H2/t16-/m1/s1. The molecule has 160 valence electrons. The van der Waals surface area contributed by atoms with Crippen LogP contribution in [-0.4, -0.2) is 51.1 Å². The predicted molar refractivity (Wildman–Crippen MR) is 107 cm³/mol. The number of hydrogen-bond acceptors (Lipinski definition) is 8. The minimum Gasteiger partial charge on any atom is -0.489 e. The third-order valence-electron chi connectivity index (χ3n) is 5.66. The van der Waals surface area contributed by atoms with Crippen LogP contribution in [0.2, 0.25) is 0 Å². The summed E-state index contributed by atoms with van der Waals surface area (Å²) < 4.78 is 16.1. The van der Waals surface area contributed by atoms with Gasteiger partial charge in [-0.3, -0.25) is 9.59 Å². The lowest BCUT2D eigenvalue weighted by molar-refractivity contribution is 0.0678. The molecule has 0 spiro atoms. The Morgan fingerprint density at radius 2 is 2.10 bits per heavy atom. The molecule has 0 aromatic carbocycles. The monoisotopic (exact) mass is 422 g/mol. The van der Waals surface area contributed by atoms with Crippen molar-refractivity contribution in [2.75, 3.05) is 13.2 Å². The van der Waals surface area contributed by atoms with Crippen LogP contribution >= 0.6 is 0 Å². The highest BCUT2D eigenvalue weighted by Gasteiger charge is 2.34. The van der Waals surface area contributed by atoms with Gasteiger partial charge >= 0.3 is 0 Å². The van der Waals surface area contributed by atoms with E-state index in [1.54, 1.807) is 35.4 Å². The Kier molecular flexibility index (Phi) is 5.23. The molecule has 5 rings (SSSR count). The molecule has 1 atom stereocenters. The molecule has 3 aromatic rings. The van der Waals surface area contributed by atoms with Crippen LogP contribution in [0.5, 0.6) is 5.75 Å². The molecule has 2 fully saturated rings. The predicted octanol–water partition coefficient (Wildman–Crippen LogP) is 3.04. The fraction of sp³-hybridized carbons (Fsp3) is 0.409. The summed E-state index contributed by atoms with van der Waals surface area (Å²) in [7, 11) is 0. The molecular formula is C22H22N4O5. The average molecular weight is 422 g/mol. The van der Waals surface area contributed by atoms with Crippen LogP contribution in [0.1, 0.15) is 64.0 Å². The van der Waals surface area contributed by atoms with Crippen LogP contribution in [0.25, 0.3) is 0 Å². The molecule has 0 unspecified atom stereocenters. The first-order chi connectivity index (χ1) is 15.2. The minimum atomic E-state index is -0.209. The highest BCUT2D eigenvalue weighted by molar-refractivity contribution is 5.97. The molecule has 1 saturated carbocycles. The Hall–Kier alpha value is -3.49. The fourth-order valence-electron chi connectivity index (χ4n) is 3.85. The zero-order valence-corrected chi connectivity index (χ0v) is 16.9. The average Bonchev–Trinajstić information content (AvgIpc) is 3.18. The topological polar surface area (TPSA) is 112 Å². The van der Waals surface area contributed by atoms with E-state index in [9.17, 15) is 9.59 Å². The van der Waals surface area contributed by atoms with E-state index in [1.165, 1.54) is 6.26 Å². The van der Waals surface area contributed by atoms with Crippen LogP contribution < -0.4 is 4.74 Å². The number of carbonyl (C=O) groups excluding carboxylic acids is 2. The highest BCUT2D eigenvalue weighted by atomic mass is 16.5. The van der Waals surface area contributed by atoms with E-state index in [1.807, 2.05) is 0 Å². The summed E-state index contributed by atoms with van der Waals surface area (Å²) >= 11 is 0. The number of ketones is 1. The van der Waals surface area contributed by atoms with Gasteiger partial charge in [-0.2, -0.15) is 0 Å². The molecule has 0 bridgehead atoms. The number of amides is 1. The summed E-state index contributed by atoms with van der Waals surface area (Å²) in [5.41, 5.74) is 1.12. The zero-order valence-electron chi connectivity index (χ0n) is 16.9. The maximum absolute atomic E-state index is 12.9. The summed E-state index contributed by atoms with van der Waals surface area (Å²) in [5.74, 6) is 1.24. The maximum Gasteiger partial charge on any atom is 0.276 e. The van der Waals surface area contributed by atoms with Gasteiger partial charge in [0.05, 0.1) is 18.2 Å². The Labute approximate surface area is 178 Å². The second-order valence-corrected chi connectivity index (χ2v) is 7.94. The third kappa shape index (κ3) is 4.21. The van der Waals surface area contributed by atoms with Gasteiger partial charge in [-0.25, -0.2) is 4.98 Å². The molecule has 3 aromatic heterocycles. The van der Waals surface area contributed by atoms with Crippen LogP contribution in [0.3, 0.4) is 0 Å². The molecular weight excluding hydrogens is 400 g/mol. The molecule has 4 heterocycles. The summed E-state index contributed by atoms with van der Waals surface area (Å²) in [6, 6.07) is 6.73. The molecule has 31 heavy (non-hydrogen) atoms. The number of hydrogen-bond donors (Lipinski definition) is 0. The second kappa shape index (κ2) is 8.33. The van der Waals surface area contributed by atoms with E-state index in [0.717, 1.165) is 31.4 Å². The summed E-state index contributed by atoms with van der Waals surface area (Å²) in [6.07, 6.45) is 6.94. The van der Waals surface area contributed by atoms with Crippen molar-refractivity contribution < 1.29 is 23.4 Å². The smallest absolute Gasteiger partial charge is 0.276 e. The number of aromatic nitrogens is 3. The van der Waals surface area contributed by atoms with Gasteiger partial charge in [0.15, 0.2) is 11.5 Å². The van der Waals surface area contributed by atoms with E-state index in [2.05, 4.69) is 15.3 Å². The minimum absolute atomic E-state index is 0.0768. The number of ether oxygens (including phenoxy) is 1. The molecule has 9 nitrogen and oxygen atoms in total. The van der Waals surface area contributed by atoms with Gasteiger partial charge in [-0.15, -0.1) is 0 Å². The van der Waals surface area contributed by atoms with Crippen LogP contribution in [0.4, 0.5) is 0 Å². The van der Waals surface area contributed by atoms with Gasteiger partial charge in [0.2, 0.25) is 0 Å². The maximum atomic E-state index is 12.9. The van der Waals surface area contributed by atoms with Crippen molar-refractivity contribution in [3.05, 3.63) is 59.6 Å². The Balaban J connectivity index is 1.25. The van der Waals surface area contributed by atoms with Gasteiger partial charge in [0.25, 0.3) is 5.91 Å². The van der Waals surface area contributed by atoms with Crippen molar-refractivity contribution in [1.29, 1.82) is 0 Å². The number of Topliss-reactive ketones (excluding diaryl/α,β-unsaturated/α-hetero) is 1. The first-order valence-electron chi connectivity index (χ1n) is 10.5. The molecule has 0 N–H and O–H groups in total. The van der Waals surface area contributed by atoms with E-state index >= 15 is 0 Å². The molecule has 1 aliphatic heterocycles. The van der Waals surface area contributed by atoms with Gasteiger partial charge in [0, 0.05) is 30.8 Å². The first kappa shape index (κ1) is 19.5. The van der Waals surface area contributed by atoms with Crippen molar-refractivity contribution in [3.8, 4) is 5.75 Å². The van der Waals surface area contributed by atoms with E-state index in [0.29, 0.717) is 29.6 Å². The van der Waals surface area contributed by atoms with E-state index < -0.39 is 0 Å². The van der Waals surface area contributed by atoms with Gasteiger partial charge < -0.3 is 18.7 Å². The van der Waals surface area contributed by atoms with Crippen molar-refractivity contribution >= 4 is 11.7 Å².